The molecule has 0 saturated carbocycles. The van der Waals surface area contributed by atoms with Crippen LogP contribution in [0.3, 0.4) is 0 Å². The summed E-state index contributed by atoms with van der Waals surface area (Å²) < 4.78 is 0. The maximum absolute atomic E-state index is 13.2. The van der Waals surface area contributed by atoms with E-state index < -0.39 is 11.6 Å². The molecule has 1 saturated heterocycles. The number of hydrogen-bond acceptors (Lipinski definition) is 4. The van der Waals surface area contributed by atoms with Gasteiger partial charge in [0.1, 0.15) is 5.69 Å². The quantitative estimate of drug-likeness (QED) is 0.585. The molecule has 4 rings (SSSR count). The number of aliphatic hydroxyl groups is 1. The van der Waals surface area contributed by atoms with Crippen LogP contribution in [0.25, 0.3) is 10.9 Å². The number of likely N-dealkylation sites (tertiary alicyclic amines) is 1. The van der Waals surface area contributed by atoms with Gasteiger partial charge >= 0.3 is 0 Å². The number of amides is 1. The minimum absolute atomic E-state index is 0.193. The Balaban J connectivity index is 1.62. The second-order valence-corrected chi connectivity index (χ2v) is 8.61. The van der Waals surface area contributed by atoms with Crippen molar-refractivity contribution in [3.05, 3.63) is 71.9 Å². The lowest BCUT2D eigenvalue weighted by molar-refractivity contribution is -0.0136. The van der Waals surface area contributed by atoms with Crippen LogP contribution in [-0.2, 0) is 5.54 Å². The molecule has 5 nitrogen and oxygen atoms in total. The van der Waals surface area contributed by atoms with Crippen molar-refractivity contribution in [2.45, 2.75) is 18.1 Å². The van der Waals surface area contributed by atoms with E-state index in [4.69, 9.17) is 0 Å². The van der Waals surface area contributed by atoms with Gasteiger partial charge in [-0.15, -0.1) is 0 Å². The fourth-order valence-electron chi connectivity index (χ4n) is 4.17. The van der Waals surface area contributed by atoms with Gasteiger partial charge in [0.25, 0.3) is 5.91 Å². The zero-order chi connectivity index (χ0) is 20.3. The Bertz CT molecular complexity index is 941. The van der Waals surface area contributed by atoms with Crippen molar-refractivity contribution in [2.75, 3.05) is 31.6 Å². The van der Waals surface area contributed by atoms with Crippen molar-refractivity contribution in [1.82, 2.24) is 15.2 Å². The molecule has 152 valence electrons. The molecule has 1 amide bonds. The van der Waals surface area contributed by atoms with E-state index >= 15 is 0 Å². The standard InChI is InChI=1S/C23H27N3O2S/c1-29-14-13-26-12-11-23(21(27)16-26,18-8-3-2-4-9-18)25-22(28)20-15-17-7-5-6-10-19(17)24-20/h2-10,15,21,24,27H,11-14,16H2,1H3,(H,25,28)/t21-,23+/m1/s1. The monoisotopic (exact) mass is 409 g/mol. The normalized spacial score (nSPS) is 22.6. The summed E-state index contributed by atoms with van der Waals surface area (Å²) in [6.07, 6.45) is 2.07. The summed E-state index contributed by atoms with van der Waals surface area (Å²) in [6, 6.07) is 19.6. The van der Waals surface area contributed by atoms with Crippen molar-refractivity contribution in [3.63, 3.8) is 0 Å². The van der Waals surface area contributed by atoms with Gasteiger partial charge in [0.05, 0.1) is 11.6 Å². The number of benzene rings is 2. The number of aromatic nitrogens is 1. The first-order valence-corrected chi connectivity index (χ1v) is 11.4. The number of hydrogen-bond donors (Lipinski definition) is 3. The Labute approximate surface area is 175 Å². The summed E-state index contributed by atoms with van der Waals surface area (Å²) in [5.74, 6) is 0.841. The minimum atomic E-state index is -0.800. The maximum Gasteiger partial charge on any atom is 0.268 e. The Kier molecular flexibility index (Phi) is 5.94. The fourth-order valence-corrected chi connectivity index (χ4v) is 4.61. The molecule has 0 aliphatic carbocycles. The molecule has 1 fully saturated rings. The van der Waals surface area contributed by atoms with Gasteiger partial charge in [-0.3, -0.25) is 9.69 Å². The lowest BCUT2D eigenvalue weighted by atomic mass is 9.78. The van der Waals surface area contributed by atoms with E-state index in [0.717, 1.165) is 35.3 Å². The fraction of sp³-hybridized carbons (Fsp3) is 0.348. The van der Waals surface area contributed by atoms with Crippen LogP contribution in [0.15, 0.2) is 60.7 Å². The van der Waals surface area contributed by atoms with Gasteiger partial charge in [0, 0.05) is 36.3 Å². The highest BCUT2D eigenvalue weighted by molar-refractivity contribution is 7.98. The minimum Gasteiger partial charge on any atom is -0.389 e. The number of fused-ring (bicyclic) bond motifs is 1. The van der Waals surface area contributed by atoms with Gasteiger partial charge in [-0.2, -0.15) is 11.8 Å². The molecule has 0 spiro atoms. The van der Waals surface area contributed by atoms with E-state index in [-0.39, 0.29) is 5.91 Å². The van der Waals surface area contributed by atoms with Gasteiger partial charge < -0.3 is 15.4 Å². The molecule has 1 aromatic heterocycles. The zero-order valence-corrected chi connectivity index (χ0v) is 17.4. The largest absolute Gasteiger partial charge is 0.389 e. The van der Waals surface area contributed by atoms with Crippen molar-refractivity contribution in [3.8, 4) is 0 Å². The van der Waals surface area contributed by atoms with Crippen LogP contribution >= 0.6 is 11.8 Å². The van der Waals surface area contributed by atoms with Gasteiger partial charge in [0.15, 0.2) is 0 Å². The molecule has 1 aliphatic rings. The zero-order valence-electron chi connectivity index (χ0n) is 16.6. The van der Waals surface area contributed by atoms with Crippen LogP contribution in [0.2, 0.25) is 0 Å². The molecule has 6 heteroatoms. The third-order valence-electron chi connectivity index (χ3n) is 5.83. The molecule has 0 bridgehead atoms. The molecular formula is C23H27N3O2S. The smallest absolute Gasteiger partial charge is 0.268 e. The third-order valence-corrected chi connectivity index (χ3v) is 6.42. The van der Waals surface area contributed by atoms with Crippen LogP contribution in [0, 0.1) is 0 Å². The van der Waals surface area contributed by atoms with Crippen molar-refractivity contribution in [1.29, 1.82) is 0 Å². The number of piperidine rings is 1. The summed E-state index contributed by atoms with van der Waals surface area (Å²) >= 11 is 1.81. The van der Waals surface area contributed by atoms with Crippen LogP contribution in [0.5, 0.6) is 0 Å². The third kappa shape index (κ3) is 4.06. The van der Waals surface area contributed by atoms with E-state index in [1.165, 1.54) is 0 Å². The van der Waals surface area contributed by atoms with E-state index in [0.29, 0.717) is 18.7 Å². The van der Waals surface area contributed by atoms with Gasteiger partial charge in [-0.25, -0.2) is 0 Å². The first kappa shape index (κ1) is 20.0. The Morgan fingerprint density at radius 3 is 2.72 bits per heavy atom. The van der Waals surface area contributed by atoms with Gasteiger partial charge in [-0.1, -0.05) is 48.5 Å². The van der Waals surface area contributed by atoms with E-state index in [9.17, 15) is 9.90 Å². The summed E-state index contributed by atoms with van der Waals surface area (Å²) in [7, 11) is 0. The average molecular weight is 410 g/mol. The predicted octanol–water partition coefficient (Wildman–Crippen LogP) is 3.22. The van der Waals surface area contributed by atoms with E-state index in [2.05, 4.69) is 21.5 Å². The molecule has 0 radical (unpaired) electrons. The first-order chi connectivity index (χ1) is 14.1. The number of nitrogens with one attached hydrogen (secondary N) is 2. The second-order valence-electron chi connectivity index (χ2n) is 7.62. The highest BCUT2D eigenvalue weighted by Crippen LogP contribution is 2.34. The molecule has 1 aliphatic heterocycles. The summed E-state index contributed by atoms with van der Waals surface area (Å²) in [5.41, 5.74) is 1.59. The summed E-state index contributed by atoms with van der Waals surface area (Å²) in [5, 5.41) is 15.4. The lowest BCUT2D eigenvalue weighted by Gasteiger charge is -2.46. The number of thioether (sulfide) groups is 1. The molecule has 2 heterocycles. The Morgan fingerprint density at radius 2 is 2.00 bits per heavy atom. The maximum atomic E-state index is 13.2. The van der Waals surface area contributed by atoms with Crippen LogP contribution in [0.4, 0.5) is 0 Å². The molecule has 2 atom stereocenters. The number of para-hydroxylation sites is 1. The molecule has 29 heavy (non-hydrogen) atoms. The van der Waals surface area contributed by atoms with Crippen molar-refractivity contribution < 1.29 is 9.90 Å². The number of rotatable bonds is 6. The molecular weight excluding hydrogens is 382 g/mol. The summed E-state index contributed by atoms with van der Waals surface area (Å²) in [4.78, 5) is 18.7. The second kappa shape index (κ2) is 8.61. The Hall–Kier alpha value is -2.28. The SMILES string of the molecule is CSCCN1CC[C@](NC(=O)c2cc3ccccc3[nH]2)(c2ccccc2)[C@H](O)C1. The summed E-state index contributed by atoms with van der Waals surface area (Å²) in [6.45, 7) is 2.32. The van der Waals surface area contributed by atoms with Crippen molar-refractivity contribution in [2.24, 2.45) is 0 Å². The molecule has 0 unspecified atom stereocenters. The number of aliphatic hydroxyl groups excluding tert-OH is 1. The molecule has 3 aromatic rings. The number of β-amino-alcohol motifs (C(OH)–C–C–N with tert-alkyl or cyclic N) is 1. The van der Waals surface area contributed by atoms with E-state index in [1.807, 2.05) is 60.7 Å². The van der Waals surface area contributed by atoms with Crippen LogP contribution < -0.4 is 5.32 Å². The molecule has 2 aromatic carbocycles. The Morgan fingerprint density at radius 1 is 1.24 bits per heavy atom. The number of carbonyl (C=O) groups excluding carboxylic acids is 1. The number of carbonyl (C=O) groups is 1. The van der Waals surface area contributed by atoms with Crippen molar-refractivity contribution >= 4 is 28.6 Å². The van der Waals surface area contributed by atoms with Crippen LogP contribution in [-0.4, -0.2) is 58.6 Å². The predicted molar refractivity (Wildman–Crippen MR) is 119 cm³/mol. The number of H-pyrrole nitrogens is 1. The van der Waals surface area contributed by atoms with Gasteiger partial charge in [-0.05, 0) is 30.4 Å². The van der Waals surface area contributed by atoms with Gasteiger partial charge in [0.2, 0.25) is 0 Å². The number of nitrogens with zero attached hydrogens (tertiary/aromatic N) is 1. The highest BCUT2D eigenvalue weighted by atomic mass is 32.2. The highest BCUT2D eigenvalue weighted by Gasteiger charge is 2.45. The topological polar surface area (TPSA) is 68.4 Å². The average Bonchev–Trinajstić information content (AvgIpc) is 3.19. The lowest BCUT2D eigenvalue weighted by Crippen LogP contribution is -2.62. The van der Waals surface area contributed by atoms with Crippen LogP contribution in [0.1, 0.15) is 22.5 Å². The first-order valence-electron chi connectivity index (χ1n) is 9.97. The number of aromatic amines is 1. The van der Waals surface area contributed by atoms with E-state index in [1.54, 1.807) is 11.8 Å². The molecule has 3 N–H and O–H groups in total.